The van der Waals surface area contributed by atoms with Gasteiger partial charge in [-0.05, 0) is 31.5 Å². The number of ether oxygens (including phenoxy) is 2. The SMILES string of the molecule is COc1ccc(CC(=O)O[C@@H](C)C(=O)Nc2cc(C)on2)cc1. The highest BCUT2D eigenvalue weighted by Gasteiger charge is 2.19. The van der Waals surface area contributed by atoms with Crippen LogP contribution in [0.2, 0.25) is 0 Å². The lowest BCUT2D eigenvalue weighted by molar-refractivity contribution is -0.152. The van der Waals surface area contributed by atoms with Crippen molar-refractivity contribution in [2.24, 2.45) is 0 Å². The summed E-state index contributed by atoms with van der Waals surface area (Å²) in [6, 6.07) is 8.62. The Morgan fingerprint density at radius 3 is 2.57 bits per heavy atom. The second-order valence-electron chi connectivity index (χ2n) is 4.97. The van der Waals surface area contributed by atoms with E-state index in [0.717, 1.165) is 5.56 Å². The number of carbonyl (C=O) groups excluding carboxylic acids is 2. The fourth-order valence-electron chi connectivity index (χ4n) is 1.86. The number of nitrogens with one attached hydrogen (secondary N) is 1. The van der Waals surface area contributed by atoms with E-state index in [1.807, 2.05) is 0 Å². The fourth-order valence-corrected chi connectivity index (χ4v) is 1.86. The fraction of sp³-hybridized carbons (Fsp3) is 0.312. The van der Waals surface area contributed by atoms with Gasteiger partial charge in [0.05, 0.1) is 13.5 Å². The average molecular weight is 318 g/mol. The highest BCUT2D eigenvalue weighted by molar-refractivity contribution is 5.94. The summed E-state index contributed by atoms with van der Waals surface area (Å²) >= 11 is 0. The first-order valence-corrected chi connectivity index (χ1v) is 7.04. The minimum atomic E-state index is -0.933. The Kier molecular flexibility index (Phi) is 5.35. The topological polar surface area (TPSA) is 90.7 Å². The van der Waals surface area contributed by atoms with Crippen molar-refractivity contribution in [2.75, 3.05) is 12.4 Å². The van der Waals surface area contributed by atoms with Gasteiger partial charge in [0.25, 0.3) is 5.91 Å². The standard InChI is InChI=1S/C16H18N2O5/c1-10-8-14(18-23-10)17-16(20)11(2)22-15(19)9-12-4-6-13(21-3)7-5-12/h4-8,11H,9H2,1-3H3,(H,17,18,20)/t11-/m0/s1. The van der Waals surface area contributed by atoms with Gasteiger partial charge in [0.1, 0.15) is 11.5 Å². The van der Waals surface area contributed by atoms with Gasteiger partial charge in [-0.2, -0.15) is 0 Å². The van der Waals surface area contributed by atoms with Crippen LogP contribution in [-0.2, 0) is 20.7 Å². The predicted octanol–water partition coefficient (Wildman–Crippen LogP) is 2.10. The summed E-state index contributed by atoms with van der Waals surface area (Å²) in [6.07, 6.45) is -0.859. The van der Waals surface area contributed by atoms with E-state index in [1.165, 1.54) is 6.92 Å². The second kappa shape index (κ2) is 7.44. The molecule has 0 unspecified atom stereocenters. The summed E-state index contributed by atoms with van der Waals surface area (Å²) in [4.78, 5) is 23.8. The van der Waals surface area contributed by atoms with Crippen LogP contribution in [0.5, 0.6) is 5.75 Å². The Morgan fingerprint density at radius 2 is 2.00 bits per heavy atom. The Balaban J connectivity index is 1.84. The molecule has 0 bridgehead atoms. The molecule has 1 atom stereocenters. The Bertz CT molecular complexity index is 678. The van der Waals surface area contributed by atoms with Crippen LogP contribution in [0.4, 0.5) is 5.82 Å². The summed E-state index contributed by atoms with van der Waals surface area (Å²) in [6.45, 7) is 3.20. The summed E-state index contributed by atoms with van der Waals surface area (Å²) in [5.74, 6) is 0.600. The molecule has 0 fully saturated rings. The maximum absolute atomic E-state index is 11.9. The van der Waals surface area contributed by atoms with Gasteiger partial charge in [-0.25, -0.2) is 0 Å². The van der Waals surface area contributed by atoms with Crippen LogP contribution in [0.25, 0.3) is 0 Å². The third-order valence-corrected chi connectivity index (χ3v) is 3.06. The number of hydrogen-bond acceptors (Lipinski definition) is 6. The third kappa shape index (κ3) is 4.84. The van der Waals surface area contributed by atoms with Gasteiger partial charge in [0.2, 0.25) is 0 Å². The zero-order chi connectivity index (χ0) is 16.8. The first-order valence-electron chi connectivity index (χ1n) is 7.04. The van der Waals surface area contributed by atoms with E-state index in [9.17, 15) is 9.59 Å². The third-order valence-electron chi connectivity index (χ3n) is 3.06. The minimum absolute atomic E-state index is 0.0741. The van der Waals surface area contributed by atoms with Gasteiger partial charge < -0.3 is 19.3 Å². The molecule has 1 N–H and O–H groups in total. The van der Waals surface area contributed by atoms with Crippen molar-refractivity contribution in [3.8, 4) is 5.75 Å². The molecule has 1 amide bonds. The van der Waals surface area contributed by atoms with Gasteiger partial charge in [-0.1, -0.05) is 17.3 Å². The molecule has 0 aliphatic heterocycles. The lowest BCUT2D eigenvalue weighted by Gasteiger charge is -2.12. The highest BCUT2D eigenvalue weighted by atomic mass is 16.5. The summed E-state index contributed by atoms with van der Waals surface area (Å²) < 4.78 is 15.0. The molecule has 7 heteroatoms. The van der Waals surface area contributed by atoms with E-state index in [1.54, 1.807) is 44.4 Å². The van der Waals surface area contributed by atoms with Crippen molar-refractivity contribution in [3.05, 3.63) is 41.7 Å². The maximum atomic E-state index is 11.9. The molecule has 0 saturated carbocycles. The highest BCUT2D eigenvalue weighted by Crippen LogP contribution is 2.13. The van der Waals surface area contributed by atoms with Gasteiger partial charge in [-0.15, -0.1) is 0 Å². The summed E-state index contributed by atoms with van der Waals surface area (Å²) in [5, 5.41) is 6.15. The number of amides is 1. The molecular formula is C16H18N2O5. The molecular weight excluding hydrogens is 300 g/mol. The van der Waals surface area contributed by atoms with E-state index in [2.05, 4.69) is 10.5 Å². The molecule has 2 aromatic rings. The number of hydrogen-bond donors (Lipinski definition) is 1. The zero-order valence-electron chi connectivity index (χ0n) is 13.2. The Hall–Kier alpha value is -2.83. The number of esters is 1. The first kappa shape index (κ1) is 16.5. The molecule has 2 rings (SSSR count). The normalized spacial score (nSPS) is 11.6. The quantitative estimate of drug-likeness (QED) is 0.820. The predicted molar refractivity (Wildman–Crippen MR) is 82.1 cm³/mol. The van der Waals surface area contributed by atoms with Gasteiger partial charge in [-0.3, -0.25) is 9.59 Å². The molecule has 0 radical (unpaired) electrons. The van der Waals surface area contributed by atoms with Crippen LogP contribution in [0.1, 0.15) is 18.2 Å². The number of aromatic nitrogens is 1. The number of methoxy groups -OCH3 is 1. The number of nitrogens with zero attached hydrogens (tertiary/aromatic N) is 1. The largest absolute Gasteiger partial charge is 0.497 e. The molecule has 0 spiro atoms. The van der Waals surface area contributed by atoms with Crippen molar-refractivity contribution in [1.82, 2.24) is 5.16 Å². The summed E-state index contributed by atoms with van der Waals surface area (Å²) in [5.41, 5.74) is 0.774. The maximum Gasteiger partial charge on any atom is 0.311 e. The second-order valence-corrected chi connectivity index (χ2v) is 4.97. The first-order chi connectivity index (χ1) is 11.0. The Morgan fingerprint density at radius 1 is 1.30 bits per heavy atom. The molecule has 0 aliphatic rings. The van der Waals surface area contributed by atoms with Crippen LogP contribution in [0, 0.1) is 6.92 Å². The van der Waals surface area contributed by atoms with Gasteiger partial charge >= 0.3 is 5.97 Å². The molecule has 122 valence electrons. The van der Waals surface area contributed by atoms with Crippen molar-refractivity contribution >= 4 is 17.7 Å². The van der Waals surface area contributed by atoms with Crippen LogP contribution in [0.3, 0.4) is 0 Å². The van der Waals surface area contributed by atoms with Gasteiger partial charge in [0.15, 0.2) is 11.9 Å². The van der Waals surface area contributed by atoms with Crippen molar-refractivity contribution < 1.29 is 23.6 Å². The minimum Gasteiger partial charge on any atom is -0.497 e. The monoisotopic (exact) mass is 318 g/mol. The van der Waals surface area contributed by atoms with Crippen LogP contribution < -0.4 is 10.1 Å². The van der Waals surface area contributed by atoms with Crippen LogP contribution in [-0.4, -0.2) is 30.2 Å². The lowest BCUT2D eigenvalue weighted by atomic mass is 10.1. The molecule has 0 aliphatic carbocycles. The number of aryl methyl sites for hydroxylation is 1. The zero-order valence-corrected chi connectivity index (χ0v) is 13.2. The van der Waals surface area contributed by atoms with E-state index >= 15 is 0 Å². The van der Waals surface area contributed by atoms with E-state index in [0.29, 0.717) is 11.5 Å². The number of rotatable bonds is 6. The van der Waals surface area contributed by atoms with E-state index in [-0.39, 0.29) is 12.2 Å². The molecule has 23 heavy (non-hydrogen) atoms. The van der Waals surface area contributed by atoms with E-state index in [4.69, 9.17) is 14.0 Å². The van der Waals surface area contributed by atoms with Crippen molar-refractivity contribution in [3.63, 3.8) is 0 Å². The van der Waals surface area contributed by atoms with Crippen molar-refractivity contribution in [2.45, 2.75) is 26.4 Å². The molecule has 0 saturated heterocycles. The molecule has 7 nitrogen and oxygen atoms in total. The number of anilines is 1. The van der Waals surface area contributed by atoms with Crippen molar-refractivity contribution in [1.29, 1.82) is 0 Å². The molecule has 1 heterocycles. The van der Waals surface area contributed by atoms with Crippen LogP contribution in [0.15, 0.2) is 34.9 Å². The number of benzene rings is 1. The smallest absolute Gasteiger partial charge is 0.311 e. The van der Waals surface area contributed by atoms with Gasteiger partial charge in [0, 0.05) is 6.07 Å². The Labute approximate surface area is 133 Å². The van der Waals surface area contributed by atoms with Crippen LogP contribution >= 0.6 is 0 Å². The summed E-state index contributed by atoms with van der Waals surface area (Å²) in [7, 11) is 1.57. The molecule has 1 aromatic carbocycles. The lowest BCUT2D eigenvalue weighted by Crippen LogP contribution is -2.30. The van der Waals surface area contributed by atoms with E-state index < -0.39 is 18.0 Å². The molecule has 1 aromatic heterocycles. The number of carbonyl (C=O) groups is 2. The average Bonchev–Trinajstić information content (AvgIpc) is 2.93.